The summed E-state index contributed by atoms with van der Waals surface area (Å²) in [6.45, 7) is 4.59. The first-order valence-corrected chi connectivity index (χ1v) is 11.2. The van der Waals surface area contributed by atoms with Gasteiger partial charge in [0, 0.05) is 11.8 Å². The zero-order valence-electron chi connectivity index (χ0n) is 15.2. The van der Waals surface area contributed by atoms with Gasteiger partial charge in [0.05, 0.1) is 6.10 Å². The van der Waals surface area contributed by atoms with Crippen molar-refractivity contribution in [2.75, 3.05) is 0 Å². The average molecular weight is 371 g/mol. The van der Waals surface area contributed by atoms with Crippen molar-refractivity contribution in [3.8, 4) is 0 Å². The Bertz CT molecular complexity index is 673. The third-order valence-corrected chi connectivity index (χ3v) is 9.10. The van der Waals surface area contributed by atoms with Crippen LogP contribution in [0.1, 0.15) is 71.6 Å². The van der Waals surface area contributed by atoms with Gasteiger partial charge in [0.25, 0.3) is 0 Å². The molecule has 4 aliphatic rings. The normalized spacial score (nSPS) is 50.0. The summed E-state index contributed by atoms with van der Waals surface area (Å²) in [5.74, 6) is 2.76. The fourth-order valence-electron chi connectivity index (χ4n) is 7.25. The predicted octanol–water partition coefficient (Wildman–Crippen LogP) is 3.79. The summed E-state index contributed by atoms with van der Waals surface area (Å²) in [4.78, 5) is 12.4. The number of carbonyl (C=O) groups is 1. The highest BCUT2D eigenvalue weighted by Gasteiger charge is 2.60. The smallest absolute Gasteiger partial charge is 0.299 e. The number of hydrogen-bond acceptors (Lipinski definition) is 4. The minimum atomic E-state index is -4.37. The molecule has 0 unspecified atom stereocenters. The van der Waals surface area contributed by atoms with Gasteiger partial charge in [-0.1, -0.05) is 13.8 Å². The van der Waals surface area contributed by atoms with E-state index in [0.29, 0.717) is 35.9 Å². The Hall–Kier alpha value is -0.460. The molecule has 142 valence electrons. The minimum absolute atomic E-state index is 0.0877. The van der Waals surface area contributed by atoms with E-state index in [2.05, 4.69) is 13.8 Å². The molecule has 4 saturated carbocycles. The van der Waals surface area contributed by atoms with Crippen molar-refractivity contribution in [3.05, 3.63) is 0 Å². The molecular weight excluding hydrogens is 340 g/mol. The lowest BCUT2D eigenvalue weighted by atomic mass is 9.45. The van der Waals surface area contributed by atoms with E-state index < -0.39 is 10.4 Å². The Morgan fingerprint density at radius 3 is 2.52 bits per heavy atom. The van der Waals surface area contributed by atoms with Crippen molar-refractivity contribution in [3.63, 3.8) is 0 Å². The first kappa shape index (κ1) is 17.9. The largest absolute Gasteiger partial charge is 0.397 e. The summed E-state index contributed by atoms with van der Waals surface area (Å²) in [6.07, 6.45) is 8.19. The van der Waals surface area contributed by atoms with Crippen molar-refractivity contribution in [2.24, 2.45) is 34.5 Å². The molecule has 6 heteroatoms. The van der Waals surface area contributed by atoms with Crippen molar-refractivity contribution in [1.29, 1.82) is 0 Å². The van der Waals surface area contributed by atoms with Crippen molar-refractivity contribution in [1.82, 2.24) is 0 Å². The van der Waals surface area contributed by atoms with Crippen LogP contribution in [0.4, 0.5) is 0 Å². The highest BCUT2D eigenvalue weighted by Crippen LogP contribution is 2.65. The van der Waals surface area contributed by atoms with E-state index in [-0.39, 0.29) is 16.9 Å². The van der Waals surface area contributed by atoms with Crippen molar-refractivity contribution >= 4 is 16.2 Å². The quantitative estimate of drug-likeness (QED) is 0.748. The summed E-state index contributed by atoms with van der Waals surface area (Å²) in [5.41, 5.74) is 0.130. The molecule has 0 aromatic rings. The third kappa shape index (κ3) is 2.79. The summed E-state index contributed by atoms with van der Waals surface area (Å²) < 4.78 is 36.0. The zero-order chi connectivity index (χ0) is 18.0. The molecule has 0 aromatic carbocycles. The monoisotopic (exact) mass is 370 g/mol. The van der Waals surface area contributed by atoms with Gasteiger partial charge in [0.1, 0.15) is 5.78 Å². The maximum Gasteiger partial charge on any atom is 0.397 e. The van der Waals surface area contributed by atoms with E-state index in [1.54, 1.807) is 0 Å². The fraction of sp³-hybridized carbons (Fsp3) is 0.947. The van der Waals surface area contributed by atoms with Crippen LogP contribution in [0, 0.1) is 34.5 Å². The molecule has 0 aromatic heterocycles. The second-order valence-corrected chi connectivity index (χ2v) is 10.5. The van der Waals surface area contributed by atoms with Gasteiger partial charge in [-0.2, -0.15) is 8.42 Å². The number of Topliss-reactive ketones (excluding diaryl/α,β-unsaturated/α-hetero) is 1. The molecule has 4 rings (SSSR count). The number of rotatable bonds is 2. The van der Waals surface area contributed by atoms with Crippen LogP contribution in [0.25, 0.3) is 0 Å². The molecule has 0 bridgehead atoms. The van der Waals surface area contributed by atoms with E-state index in [1.807, 2.05) is 0 Å². The minimum Gasteiger partial charge on any atom is -0.299 e. The lowest BCUT2D eigenvalue weighted by molar-refractivity contribution is -0.141. The Kier molecular flexibility index (Phi) is 4.14. The molecule has 1 N–H and O–H groups in total. The SMILES string of the molecule is C[C@]12CC[C@H](OS(=O)(=O)O)C[C@@H]1CC[C@@H]1[C@@H]2CC[C@]2(C)C(=O)CC[C@@H]12. The first-order valence-electron chi connectivity index (χ1n) is 9.82. The van der Waals surface area contributed by atoms with Crippen LogP contribution in [0.3, 0.4) is 0 Å². The molecular formula is C19H30O5S. The van der Waals surface area contributed by atoms with Crippen LogP contribution in [0.15, 0.2) is 0 Å². The number of hydrogen-bond donors (Lipinski definition) is 1. The van der Waals surface area contributed by atoms with Crippen LogP contribution < -0.4 is 0 Å². The van der Waals surface area contributed by atoms with E-state index in [0.717, 1.165) is 51.4 Å². The van der Waals surface area contributed by atoms with Crippen LogP contribution >= 0.6 is 0 Å². The van der Waals surface area contributed by atoms with Crippen molar-refractivity contribution in [2.45, 2.75) is 77.7 Å². The number of carbonyl (C=O) groups excluding carboxylic acids is 1. The molecule has 0 spiro atoms. The van der Waals surface area contributed by atoms with E-state index in [9.17, 15) is 13.2 Å². The Morgan fingerprint density at radius 2 is 1.80 bits per heavy atom. The van der Waals surface area contributed by atoms with E-state index >= 15 is 0 Å². The molecule has 7 atom stereocenters. The van der Waals surface area contributed by atoms with Crippen LogP contribution in [-0.4, -0.2) is 24.9 Å². The molecule has 25 heavy (non-hydrogen) atoms. The van der Waals surface area contributed by atoms with Crippen LogP contribution in [0.2, 0.25) is 0 Å². The molecule has 0 radical (unpaired) electrons. The standard InChI is InChI=1S/C19H30O5S/c1-18-9-7-13(24-25(21,22)23)11-12(18)3-4-14-15-5-6-17(20)19(15,2)10-8-16(14)18/h12-16H,3-11H2,1-2H3,(H,21,22,23)/t12-,13-,14-,15-,16-,18-,19-/m0/s1. The van der Waals surface area contributed by atoms with E-state index in [4.69, 9.17) is 8.74 Å². The van der Waals surface area contributed by atoms with Gasteiger partial charge in [0.15, 0.2) is 0 Å². The van der Waals surface area contributed by atoms with Gasteiger partial charge in [-0.3, -0.25) is 9.35 Å². The van der Waals surface area contributed by atoms with Gasteiger partial charge in [0.2, 0.25) is 0 Å². The summed E-state index contributed by atoms with van der Waals surface area (Å²) >= 11 is 0. The summed E-state index contributed by atoms with van der Waals surface area (Å²) in [7, 11) is -4.37. The maximum absolute atomic E-state index is 12.4. The van der Waals surface area contributed by atoms with Gasteiger partial charge >= 0.3 is 10.4 Å². The van der Waals surface area contributed by atoms with Crippen LogP contribution in [-0.2, 0) is 19.4 Å². The Balaban J connectivity index is 1.54. The lowest BCUT2D eigenvalue weighted by Crippen LogP contribution is -2.54. The molecule has 5 nitrogen and oxygen atoms in total. The number of ketones is 1. The average Bonchev–Trinajstić information content (AvgIpc) is 2.82. The maximum atomic E-state index is 12.4. The fourth-order valence-corrected chi connectivity index (χ4v) is 7.77. The predicted molar refractivity (Wildman–Crippen MR) is 93.2 cm³/mol. The lowest BCUT2D eigenvalue weighted by Gasteiger charge is -2.60. The molecule has 0 heterocycles. The molecule has 4 fully saturated rings. The molecule has 0 aliphatic heterocycles. The Labute approximate surface area is 150 Å². The Morgan fingerprint density at radius 1 is 1.04 bits per heavy atom. The summed E-state index contributed by atoms with van der Waals surface area (Å²) in [6, 6.07) is 0. The molecule has 0 saturated heterocycles. The second-order valence-electron chi connectivity index (χ2n) is 9.50. The first-order chi connectivity index (χ1) is 11.6. The summed E-state index contributed by atoms with van der Waals surface area (Å²) in [5, 5.41) is 0. The molecule has 0 amide bonds. The number of fused-ring (bicyclic) bond motifs is 5. The zero-order valence-corrected chi connectivity index (χ0v) is 16.1. The highest BCUT2D eigenvalue weighted by molar-refractivity contribution is 7.80. The van der Waals surface area contributed by atoms with Gasteiger partial charge < -0.3 is 0 Å². The van der Waals surface area contributed by atoms with Gasteiger partial charge in [-0.15, -0.1) is 0 Å². The van der Waals surface area contributed by atoms with Gasteiger partial charge in [-0.05, 0) is 80.5 Å². The second kappa shape index (κ2) is 5.77. The topological polar surface area (TPSA) is 80.7 Å². The van der Waals surface area contributed by atoms with Crippen LogP contribution in [0.5, 0.6) is 0 Å². The third-order valence-electron chi connectivity index (χ3n) is 8.58. The van der Waals surface area contributed by atoms with Gasteiger partial charge in [-0.25, -0.2) is 4.18 Å². The van der Waals surface area contributed by atoms with E-state index in [1.165, 1.54) is 0 Å². The van der Waals surface area contributed by atoms with Crippen molar-refractivity contribution < 1.29 is 21.9 Å². The molecule has 4 aliphatic carbocycles. The highest BCUT2D eigenvalue weighted by atomic mass is 32.3.